The van der Waals surface area contributed by atoms with Crippen LogP contribution in [0.15, 0.2) is 109 Å². The van der Waals surface area contributed by atoms with Gasteiger partial charge in [0, 0.05) is 22.0 Å². The molecule has 0 saturated heterocycles. The first-order valence-electron chi connectivity index (χ1n) is 29.6. The van der Waals surface area contributed by atoms with E-state index in [4.69, 9.17) is 9.16 Å². The van der Waals surface area contributed by atoms with Crippen molar-refractivity contribution in [3.8, 4) is 45.9 Å². The number of esters is 2. The third-order valence-corrected chi connectivity index (χ3v) is 18.6. The molecule has 2 aliphatic carbocycles. The number of aliphatic hydroxyl groups is 1. The van der Waals surface area contributed by atoms with E-state index in [1.807, 2.05) is 12.1 Å². The largest absolute Gasteiger partial charge is 0.469 e. The molecule has 6 aromatic carbocycles. The number of aryl methyl sites for hydroxylation is 4. The van der Waals surface area contributed by atoms with Gasteiger partial charge in [0.15, 0.2) is 8.32 Å². The first kappa shape index (κ1) is 63.0. The van der Waals surface area contributed by atoms with Crippen LogP contribution in [-0.4, -0.2) is 50.8 Å². The Labute approximate surface area is 490 Å². The Kier molecular flexibility index (Phi) is 20.5. The van der Waals surface area contributed by atoms with Gasteiger partial charge in [-0.1, -0.05) is 136 Å². The molecule has 432 valence electrons. The van der Waals surface area contributed by atoms with Crippen LogP contribution in [0.2, 0.25) is 19.6 Å². The maximum atomic E-state index is 14.8. The normalized spacial score (nSPS) is 14.6. The van der Waals surface area contributed by atoms with Crippen molar-refractivity contribution in [1.82, 2.24) is 0 Å². The van der Waals surface area contributed by atoms with Gasteiger partial charge in [-0.25, -0.2) is 8.78 Å². The minimum Gasteiger partial charge on any atom is -0.469 e. The molecule has 0 aromatic heterocycles. The topological polar surface area (TPSA) is 82.1 Å². The fraction of sp³-hybridized carbons (Fsp3) is 0.425. The highest BCUT2D eigenvalue weighted by Gasteiger charge is 2.38. The summed E-state index contributed by atoms with van der Waals surface area (Å²) in [5.74, 6) is 11.8. The van der Waals surface area contributed by atoms with Crippen LogP contribution in [-0.2, 0) is 47.2 Å². The monoisotopic (exact) mass is 1120 g/mol. The summed E-state index contributed by atoms with van der Waals surface area (Å²) in [6.45, 7) is 24.1. The van der Waals surface area contributed by atoms with Crippen molar-refractivity contribution < 1.29 is 37.4 Å². The van der Waals surface area contributed by atoms with Crippen LogP contribution in [0, 0.1) is 63.0 Å². The van der Waals surface area contributed by atoms with Crippen LogP contribution in [0.5, 0.6) is 0 Å². The summed E-state index contributed by atoms with van der Waals surface area (Å²) in [4.78, 5) is 23.2. The zero-order valence-electron chi connectivity index (χ0n) is 51.0. The molecule has 0 spiro atoms. The number of carbonyl (C=O) groups excluding carboxylic acids is 2. The molecule has 2 saturated carbocycles. The molecular formula is C73H86F2O6Si. The van der Waals surface area contributed by atoms with E-state index >= 15 is 0 Å². The third kappa shape index (κ3) is 14.4. The first-order chi connectivity index (χ1) is 39.0. The Balaban J connectivity index is 0.000000237. The van der Waals surface area contributed by atoms with Gasteiger partial charge in [0.1, 0.15) is 22.8 Å². The molecule has 9 heteroatoms. The van der Waals surface area contributed by atoms with Crippen molar-refractivity contribution in [2.24, 2.45) is 0 Å². The molecule has 82 heavy (non-hydrogen) atoms. The van der Waals surface area contributed by atoms with Gasteiger partial charge in [0.25, 0.3) is 0 Å². The summed E-state index contributed by atoms with van der Waals surface area (Å²) < 4.78 is 45.6. The van der Waals surface area contributed by atoms with Crippen molar-refractivity contribution in [1.29, 1.82) is 0 Å². The lowest BCUT2D eigenvalue weighted by Crippen LogP contribution is -2.39. The maximum absolute atomic E-state index is 14.8. The summed E-state index contributed by atoms with van der Waals surface area (Å²) >= 11 is 0. The fourth-order valence-electron chi connectivity index (χ4n) is 12.6. The van der Waals surface area contributed by atoms with Crippen LogP contribution in [0.4, 0.5) is 8.78 Å². The lowest BCUT2D eigenvalue weighted by atomic mass is 9.69. The fourth-order valence-corrected chi connectivity index (χ4v) is 14.1. The molecule has 8 rings (SSSR count). The molecule has 2 aliphatic rings. The first-order valence-corrected chi connectivity index (χ1v) is 33.1. The predicted octanol–water partition coefficient (Wildman–Crippen LogP) is 17.0. The van der Waals surface area contributed by atoms with Crippen LogP contribution in [0.1, 0.15) is 172 Å². The smallest absolute Gasteiger partial charge is 0.310 e. The molecule has 0 amide bonds. The number of ether oxygens (including phenoxy) is 2. The number of methoxy groups -OCH3 is 2. The minimum absolute atomic E-state index is 0.0764. The Morgan fingerprint density at radius 3 is 1.23 bits per heavy atom. The van der Waals surface area contributed by atoms with E-state index in [1.165, 1.54) is 67.0 Å². The lowest BCUT2D eigenvalue weighted by Gasteiger charge is -2.34. The van der Waals surface area contributed by atoms with Gasteiger partial charge in [-0.05, 0) is 227 Å². The molecule has 1 N–H and O–H groups in total. The Morgan fingerprint density at radius 1 is 0.524 bits per heavy atom. The number of carbonyl (C=O) groups is 2. The van der Waals surface area contributed by atoms with Gasteiger partial charge in [0.05, 0.1) is 27.1 Å². The average Bonchev–Trinajstić information content (AvgIpc) is 4.23. The summed E-state index contributed by atoms with van der Waals surface area (Å²) in [5, 5.41) is 10.6. The molecule has 2 fully saturated rings. The third-order valence-electron chi connectivity index (χ3n) is 17.6. The molecule has 0 aliphatic heterocycles. The number of hydrogen-bond donors (Lipinski definition) is 1. The van der Waals surface area contributed by atoms with E-state index in [1.54, 1.807) is 12.1 Å². The van der Waals surface area contributed by atoms with Crippen molar-refractivity contribution >= 4 is 20.3 Å². The Morgan fingerprint density at radius 2 is 0.890 bits per heavy atom. The number of benzene rings is 6. The van der Waals surface area contributed by atoms with Gasteiger partial charge in [-0.2, -0.15) is 0 Å². The summed E-state index contributed by atoms with van der Waals surface area (Å²) in [6.07, 6.45) is 11.6. The van der Waals surface area contributed by atoms with Crippen molar-refractivity contribution in [3.63, 3.8) is 0 Å². The zero-order valence-corrected chi connectivity index (χ0v) is 52.0. The molecule has 6 aromatic rings. The Hall–Kier alpha value is -6.62. The summed E-state index contributed by atoms with van der Waals surface area (Å²) in [6, 6.07) is 36.4. The van der Waals surface area contributed by atoms with E-state index in [2.05, 4.69) is 176 Å². The van der Waals surface area contributed by atoms with E-state index in [-0.39, 0.29) is 29.3 Å². The van der Waals surface area contributed by atoms with Gasteiger partial charge in [-0.3, -0.25) is 9.59 Å². The van der Waals surface area contributed by atoms with Crippen LogP contribution >= 0.6 is 0 Å². The molecule has 0 unspecified atom stereocenters. The second-order valence-electron chi connectivity index (χ2n) is 24.0. The molecule has 6 nitrogen and oxygen atoms in total. The van der Waals surface area contributed by atoms with Crippen LogP contribution < -0.4 is 0 Å². The second-order valence-corrected chi connectivity index (χ2v) is 28.4. The van der Waals surface area contributed by atoms with Crippen LogP contribution in [0.3, 0.4) is 0 Å². The van der Waals surface area contributed by atoms with Crippen molar-refractivity contribution in [3.05, 3.63) is 188 Å². The molecule has 0 radical (unpaired) electrons. The minimum atomic E-state index is -1.71. The molecular weight excluding hydrogens is 1040 g/mol. The number of halogens is 2. The second kappa shape index (κ2) is 26.7. The maximum Gasteiger partial charge on any atom is 0.310 e. The van der Waals surface area contributed by atoms with Crippen molar-refractivity contribution in [2.45, 2.75) is 187 Å². The van der Waals surface area contributed by atoms with Crippen LogP contribution in [0.25, 0.3) is 22.3 Å². The predicted molar refractivity (Wildman–Crippen MR) is 332 cm³/mol. The van der Waals surface area contributed by atoms with E-state index in [0.29, 0.717) is 11.1 Å². The lowest BCUT2D eigenvalue weighted by molar-refractivity contribution is -0.140. The molecule has 0 heterocycles. The highest BCUT2D eigenvalue weighted by atomic mass is 28.4. The van der Waals surface area contributed by atoms with Gasteiger partial charge >= 0.3 is 11.9 Å². The van der Waals surface area contributed by atoms with Gasteiger partial charge in [0.2, 0.25) is 0 Å². The van der Waals surface area contributed by atoms with Gasteiger partial charge < -0.3 is 19.0 Å². The van der Waals surface area contributed by atoms with E-state index in [0.717, 1.165) is 114 Å². The highest BCUT2D eigenvalue weighted by molar-refractivity contribution is 6.69. The van der Waals surface area contributed by atoms with E-state index < -0.39 is 37.5 Å². The van der Waals surface area contributed by atoms with Crippen molar-refractivity contribution in [2.75, 3.05) is 14.2 Å². The Bertz CT molecular complexity index is 3400. The standard InChI is InChI=1S/C38H47FO3Si.C35H39FO3/c1-9-38(10-2,32-16-15-29(27(3)23-32)19-22-37(20-11-12-21-37)42-43(6,7)8)33-17-18-34(28(4)24-33)30-13-14-31(35(39)25-30)26-36(40)41-5;1-6-35(7-2,29-13-12-26(24(3)20-29)16-19-34(38)17-8-9-18-34)30-14-15-31(25(4)21-30)27-10-11-28(32(36)22-27)23-33(37)39-5/h13-18,23-25H,9-12,20-21,26H2,1-8H3;10-15,20-22,38H,6-9,17-18,23H2,1-5H3. The quantitative estimate of drug-likeness (QED) is 0.0591. The van der Waals surface area contributed by atoms with Gasteiger partial charge in [-0.15, -0.1) is 0 Å². The number of hydrogen-bond acceptors (Lipinski definition) is 6. The highest BCUT2D eigenvalue weighted by Crippen LogP contribution is 2.44. The molecule has 0 atom stereocenters. The SMILES string of the molecule is CCC(CC)(c1ccc(C#CC2(O)CCCC2)c(C)c1)c1ccc(-c2ccc(CC(=O)OC)c(F)c2)c(C)c1.CCC(CC)(c1ccc(C#CC2(O[Si](C)(C)C)CCCC2)c(C)c1)c1ccc(-c2ccc(CC(=O)OC)c(F)c2)c(C)c1. The average molecular weight is 1130 g/mol. The summed E-state index contributed by atoms with van der Waals surface area (Å²) in [5.41, 5.74) is 14.3. The molecule has 0 bridgehead atoms. The van der Waals surface area contributed by atoms with E-state index in [9.17, 15) is 23.5 Å². The zero-order chi connectivity index (χ0) is 59.6. The summed E-state index contributed by atoms with van der Waals surface area (Å²) in [7, 11) is 0.907. The number of rotatable bonds is 16.